The molecule has 8 heteroatoms. The molecule has 0 spiro atoms. The molecule has 1 N–H and O–H groups in total. The van der Waals surface area contributed by atoms with Crippen molar-refractivity contribution in [2.75, 3.05) is 5.32 Å². The summed E-state index contributed by atoms with van der Waals surface area (Å²) in [5.41, 5.74) is -1.15. The number of benzene rings is 1. The Morgan fingerprint density at radius 1 is 1.21 bits per heavy atom. The van der Waals surface area contributed by atoms with E-state index in [1.54, 1.807) is 0 Å². The van der Waals surface area contributed by atoms with Crippen LogP contribution in [0.4, 0.5) is 14.5 Å². The quantitative estimate of drug-likeness (QED) is 0.862. The number of anilines is 1. The molecule has 1 fully saturated rings. The molecule has 1 aromatic heterocycles. The summed E-state index contributed by atoms with van der Waals surface area (Å²) in [6.07, 6.45) is 1.11. The van der Waals surface area contributed by atoms with Gasteiger partial charge >= 0.3 is 0 Å². The predicted molar refractivity (Wildman–Crippen MR) is 93.9 cm³/mol. The van der Waals surface area contributed by atoms with E-state index >= 15 is 0 Å². The highest BCUT2D eigenvalue weighted by Crippen LogP contribution is 2.67. The van der Waals surface area contributed by atoms with E-state index in [1.807, 2.05) is 26.0 Å². The topological polar surface area (TPSA) is 102 Å². The maximum Gasteiger partial charge on any atom is 0.237 e. The van der Waals surface area contributed by atoms with Gasteiger partial charge < -0.3 is 5.32 Å². The van der Waals surface area contributed by atoms with Crippen LogP contribution in [-0.4, -0.2) is 15.9 Å². The summed E-state index contributed by atoms with van der Waals surface area (Å²) in [5, 5.41) is 21.1. The highest BCUT2D eigenvalue weighted by molar-refractivity contribution is 6.01. The van der Waals surface area contributed by atoms with Crippen molar-refractivity contribution >= 4 is 11.6 Å². The lowest BCUT2D eigenvalue weighted by Crippen LogP contribution is -2.47. The second-order valence-corrected chi connectivity index (χ2v) is 7.67. The van der Waals surface area contributed by atoms with Gasteiger partial charge in [-0.3, -0.25) is 4.79 Å². The van der Waals surface area contributed by atoms with Crippen LogP contribution in [0.1, 0.15) is 55.4 Å². The summed E-state index contributed by atoms with van der Waals surface area (Å²) in [7, 11) is 0. The number of fused-ring (bicyclic) bond motifs is 5. The van der Waals surface area contributed by atoms with Gasteiger partial charge in [0, 0.05) is 12.0 Å². The third-order valence-electron chi connectivity index (χ3n) is 6.21. The monoisotopic (exact) mass is 379 g/mol. The number of aromatic nitrogens is 2. The molecule has 1 aromatic carbocycles. The first-order valence-electron chi connectivity index (χ1n) is 8.75. The van der Waals surface area contributed by atoms with Gasteiger partial charge in [0.25, 0.3) is 0 Å². The molecule has 1 saturated carbocycles. The van der Waals surface area contributed by atoms with Gasteiger partial charge in [0.05, 0.1) is 22.5 Å². The van der Waals surface area contributed by atoms with Crippen LogP contribution in [0.2, 0.25) is 0 Å². The van der Waals surface area contributed by atoms with Crippen LogP contribution in [0.5, 0.6) is 0 Å². The molecule has 4 rings (SSSR count). The fraction of sp³-hybridized carbons (Fsp3) is 0.350. The van der Waals surface area contributed by atoms with Crippen LogP contribution in [0, 0.1) is 39.7 Å². The maximum absolute atomic E-state index is 14.1. The number of nitrogens with one attached hydrogen (secondary N) is 1. The first-order valence-corrected chi connectivity index (χ1v) is 8.75. The van der Waals surface area contributed by atoms with Crippen molar-refractivity contribution in [1.82, 2.24) is 9.97 Å². The highest BCUT2D eigenvalue weighted by atomic mass is 19.1. The van der Waals surface area contributed by atoms with Crippen molar-refractivity contribution in [2.24, 2.45) is 5.41 Å². The van der Waals surface area contributed by atoms with Crippen molar-refractivity contribution < 1.29 is 13.6 Å². The average Bonchev–Trinajstić information content (AvgIpc) is 3.04. The van der Waals surface area contributed by atoms with Crippen LogP contribution in [0.25, 0.3) is 0 Å². The lowest BCUT2D eigenvalue weighted by molar-refractivity contribution is -0.124. The SMILES string of the molecule is CC1(C)C2CCC1(C(=O)Nc1ccc(F)cc1F)c1nc(C#N)c(C#N)nc12. The van der Waals surface area contributed by atoms with Crippen LogP contribution in [0.3, 0.4) is 0 Å². The molecule has 140 valence electrons. The molecule has 2 aliphatic carbocycles. The summed E-state index contributed by atoms with van der Waals surface area (Å²) in [6.45, 7) is 3.82. The molecule has 0 radical (unpaired) electrons. The number of hydrogen-bond acceptors (Lipinski definition) is 5. The molecular formula is C20H15F2N5O. The minimum absolute atomic E-state index is 0.0651. The molecule has 28 heavy (non-hydrogen) atoms. The fourth-order valence-electron chi connectivity index (χ4n) is 4.74. The Hall–Kier alpha value is -3.39. The van der Waals surface area contributed by atoms with Crippen molar-refractivity contribution in [3.8, 4) is 12.1 Å². The van der Waals surface area contributed by atoms with Gasteiger partial charge in [-0.25, -0.2) is 18.7 Å². The lowest BCUT2D eigenvalue weighted by atomic mass is 9.67. The lowest BCUT2D eigenvalue weighted by Gasteiger charge is -2.36. The summed E-state index contributed by atoms with van der Waals surface area (Å²) in [5.74, 6) is -2.21. The largest absolute Gasteiger partial charge is 0.323 e. The molecule has 0 saturated heterocycles. The first-order chi connectivity index (χ1) is 13.3. The summed E-state index contributed by atoms with van der Waals surface area (Å²) >= 11 is 0. The number of hydrogen-bond donors (Lipinski definition) is 1. The molecule has 1 amide bonds. The first kappa shape index (κ1) is 18.0. The van der Waals surface area contributed by atoms with Gasteiger partial charge in [0.2, 0.25) is 5.91 Å². The second-order valence-electron chi connectivity index (χ2n) is 7.67. The Balaban J connectivity index is 1.85. The molecule has 0 aliphatic heterocycles. The Morgan fingerprint density at radius 3 is 2.54 bits per heavy atom. The number of carbonyl (C=O) groups excluding carboxylic acids is 1. The van der Waals surface area contributed by atoms with Gasteiger partial charge in [-0.2, -0.15) is 10.5 Å². The smallest absolute Gasteiger partial charge is 0.237 e. The highest BCUT2D eigenvalue weighted by Gasteiger charge is 2.68. The Kier molecular flexibility index (Phi) is 3.73. The number of amides is 1. The molecule has 2 atom stereocenters. The van der Waals surface area contributed by atoms with Crippen molar-refractivity contribution in [1.29, 1.82) is 10.5 Å². The van der Waals surface area contributed by atoms with E-state index in [1.165, 1.54) is 6.07 Å². The van der Waals surface area contributed by atoms with E-state index in [-0.39, 0.29) is 23.0 Å². The Labute approximate surface area is 159 Å². The van der Waals surface area contributed by atoms with Crippen molar-refractivity contribution in [2.45, 2.75) is 38.0 Å². The fourth-order valence-corrected chi connectivity index (χ4v) is 4.74. The minimum Gasteiger partial charge on any atom is -0.323 e. The van der Waals surface area contributed by atoms with E-state index in [9.17, 15) is 24.1 Å². The van der Waals surface area contributed by atoms with E-state index in [0.29, 0.717) is 30.3 Å². The zero-order valence-electron chi connectivity index (χ0n) is 15.2. The van der Waals surface area contributed by atoms with Gasteiger partial charge in [0.1, 0.15) is 23.8 Å². The van der Waals surface area contributed by atoms with Gasteiger partial charge in [-0.05, 0) is 30.4 Å². The summed E-state index contributed by atoms with van der Waals surface area (Å²) in [4.78, 5) is 22.0. The van der Waals surface area contributed by atoms with Gasteiger partial charge in [0.15, 0.2) is 11.4 Å². The molecular weight excluding hydrogens is 364 g/mol. The number of halogens is 2. The van der Waals surface area contributed by atoms with E-state index in [0.717, 1.165) is 6.07 Å². The maximum atomic E-state index is 14.1. The van der Waals surface area contributed by atoms with Crippen molar-refractivity contribution in [3.05, 3.63) is 52.6 Å². The summed E-state index contributed by atoms with van der Waals surface area (Å²) in [6, 6.07) is 6.66. The Bertz CT molecular complexity index is 1110. The average molecular weight is 379 g/mol. The molecule has 2 aromatic rings. The number of rotatable bonds is 2. The summed E-state index contributed by atoms with van der Waals surface area (Å²) < 4.78 is 27.3. The van der Waals surface area contributed by atoms with E-state index in [4.69, 9.17) is 0 Å². The van der Waals surface area contributed by atoms with Crippen LogP contribution in [-0.2, 0) is 10.2 Å². The van der Waals surface area contributed by atoms with Crippen molar-refractivity contribution in [3.63, 3.8) is 0 Å². The zero-order chi connectivity index (χ0) is 20.3. The second kappa shape index (κ2) is 5.80. The van der Waals surface area contributed by atoms with Gasteiger partial charge in [-0.1, -0.05) is 13.8 Å². The number of nitriles is 2. The molecule has 2 bridgehead atoms. The number of carbonyl (C=O) groups is 1. The third-order valence-corrected chi connectivity index (χ3v) is 6.21. The molecule has 2 unspecified atom stereocenters. The van der Waals surface area contributed by atoms with Crippen LogP contribution < -0.4 is 5.32 Å². The molecule has 6 nitrogen and oxygen atoms in total. The van der Waals surface area contributed by atoms with E-state index < -0.39 is 28.4 Å². The molecule has 2 aliphatic rings. The standard InChI is InChI=1S/C20H15F2N5O/c1-19(2)11-5-6-20(19,17-16(11)25-14(8-23)15(9-24)26-17)18(28)27-13-4-3-10(21)7-12(13)22/h3-4,7,11H,5-6H2,1-2H3,(H,27,28). The normalized spacial score (nSPS) is 23.6. The predicted octanol–water partition coefficient (Wildman–Crippen LogP) is 3.29. The van der Waals surface area contributed by atoms with Crippen LogP contribution in [0.15, 0.2) is 18.2 Å². The zero-order valence-corrected chi connectivity index (χ0v) is 15.2. The van der Waals surface area contributed by atoms with E-state index in [2.05, 4.69) is 15.3 Å². The third kappa shape index (κ3) is 2.12. The Morgan fingerprint density at radius 2 is 1.89 bits per heavy atom. The molecule has 1 heterocycles. The van der Waals surface area contributed by atoms with Crippen LogP contribution >= 0.6 is 0 Å². The minimum atomic E-state index is -1.12. The van der Waals surface area contributed by atoms with Gasteiger partial charge in [-0.15, -0.1) is 0 Å². The number of nitrogens with zero attached hydrogens (tertiary/aromatic N) is 4.